The number of allylic oxidation sites excluding steroid dienone is 1. The van der Waals surface area contributed by atoms with Gasteiger partial charge >= 0.3 is 21.7 Å². The second-order valence-electron chi connectivity index (χ2n) is 8.41. The van der Waals surface area contributed by atoms with Gasteiger partial charge in [0.25, 0.3) is 0 Å². The number of hydrogen-bond acceptors (Lipinski definition) is 2. The Morgan fingerprint density at radius 2 is 1.31 bits per heavy atom. The molecule has 36 heavy (non-hydrogen) atoms. The van der Waals surface area contributed by atoms with E-state index in [1.807, 2.05) is 32.1 Å². The number of hydrogen-bond donors (Lipinski definition) is 0. The van der Waals surface area contributed by atoms with E-state index in [4.69, 9.17) is 4.74 Å². The predicted octanol–water partition coefficient (Wildman–Crippen LogP) is 4.12. The van der Waals surface area contributed by atoms with E-state index >= 15 is 0 Å². The first-order chi connectivity index (χ1) is 16.2. The van der Waals surface area contributed by atoms with Gasteiger partial charge in [0.2, 0.25) is 0 Å². The summed E-state index contributed by atoms with van der Waals surface area (Å²) in [7, 11) is 4.18. The van der Waals surface area contributed by atoms with Crippen molar-refractivity contribution in [3.05, 3.63) is 129 Å². The fourth-order valence-electron chi connectivity index (χ4n) is 3.99. The van der Waals surface area contributed by atoms with Crippen LogP contribution in [0.4, 0.5) is 0 Å². The maximum Gasteiger partial charge on any atom is 4.00 e. The van der Waals surface area contributed by atoms with Gasteiger partial charge in [-0.25, -0.2) is 0 Å². The Morgan fingerprint density at radius 1 is 0.778 bits per heavy atom. The Labute approximate surface area is 248 Å². The van der Waals surface area contributed by atoms with Crippen LogP contribution in [0.15, 0.2) is 60.2 Å². The zero-order valence-electron chi connectivity index (χ0n) is 21.4. The Bertz CT molecular complexity index is 822. The predicted molar refractivity (Wildman–Crippen MR) is 147 cm³/mol. The first-order valence-corrected chi connectivity index (χ1v) is 11.9. The molecule has 0 bridgehead atoms. The summed E-state index contributed by atoms with van der Waals surface area (Å²) in [6.45, 7) is 4.04. The molecule has 0 unspecified atom stereocenters. The molecule has 4 rings (SSSR count). The molecule has 187 valence electrons. The number of halogens is 2. The van der Waals surface area contributed by atoms with Crippen molar-refractivity contribution >= 4 is 18.0 Å². The van der Waals surface area contributed by atoms with Gasteiger partial charge < -0.3 is 22.0 Å². The minimum Gasteiger partial charge on any atom is -1.00 e. The molecular weight excluding hydrogens is 521 g/mol. The van der Waals surface area contributed by atoms with E-state index in [2.05, 4.69) is 106 Å². The molecule has 0 N–H and O–H groups in total. The summed E-state index contributed by atoms with van der Waals surface area (Å²) in [5.41, 5.74) is 5.31. The van der Waals surface area contributed by atoms with Gasteiger partial charge in [-0.05, 0) is 119 Å². The van der Waals surface area contributed by atoms with Crippen LogP contribution < -0.4 is 17.1 Å². The van der Waals surface area contributed by atoms with Gasteiger partial charge in [-0.15, -0.1) is 12.4 Å². The Kier molecular flexibility index (Phi) is 19.8. The van der Waals surface area contributed by atoms with Crippen LogP contribution in [0.25, 0.3) is 5.57 Å². The molecular formula is C31H37Cl2NOTi+3. The van der Waals surface area contributed by atoms with Gasteiger partial charge in [0.1, 0.15) is 5.75 Å². The fourth-order valence-corrected chi connectivity index (χ4v) is 3.99. The molecule has 2 aromatic carbocycles. The molecule has 2 aliphatic carbocycles. The third kappa shape index (κ3) is 11.7. The molecule has 2 saturated carbocycles. The molecule has 0 amide bonds. The summed E-state index contributed by atoms with van der Waals surface area (Å²) in [4.78, 5) is 2.18. The molecule has 2 nitrogen and oxygen atoms in total. The minimum absolute atomic E-state index is 0. The molecule has 0 aromatic heterocycles. The van der Waals surface area contributed by atoms with E-state index in [1.54, 1.807) is 0 Å². The molecule has 5 heteroatoms. The largest absolute Gasteiger partial charge is 4.00 e. The molecule has 0 atom stereocenters. The summed E-state index contributed by atoms with van der Waals surface area (Å²) < 4.78 is 5.92. The van der Waals surface area contributed by atoms with Crippen LogP contribution in [0, 0.1) is 63.7 Å². The third-order valence-corrected chi connectivity index (χ3v) is 5.63. The average molecular weight is 558 g/mol. The summed E-state index contributed by atoms with van der Waals surface area (Å²) in [5.74, 6) is 1.32. The van der Waals surface area contributed by atoms with Crippen LogP contribution >= 0.6 is 12.4 Å². The summed E-state index contributed by atoms with van der Waals surface area (Å²) in [6, 6.07) is 19.3. The standard InChI is InChI=1S/C26H31NO.C5H5.2ClH.Ti/c1-4-25(21-11-8-9-12-21)26(22-13-6-5-7-14-22)23-15-17-24(18-16-23)28-20-10-19-27(2)3;1-2-4-5-3-1;;;/h5-9,11-18,21H,4,10,19-20H2,1-3H3;1-5H;2*1H;/q;;;;+4/p-1/b26-25-;;;;. The maximum atomic E-state index is 5.92. The van der Waals surface area contributed by atoms with E-state index < -0.39 is 0 Å². The Hall–Kier alpha value is -0.766. The van der Waals surface area contributed by atoms with Gasteiger partial charge in [-0.1, -0.05) is 55.0 Å². The SMILES string of the molecule is CC/C(=C(\c1ccccc1)c1ccc(OCCCN(C)C)cc1)C1[CH][CH][CH][CH]1.Cl.[CH]1[CH][CH][CH][CH]1.[Cl-].[Ti+4]. The number of nitrogens with zero attached hydrogens (tertiary/aromatic N) is 1. The molecule has 2 aromatic rings. The van der Waals surface area contributed by atoms with Crippen LogP contribution in [-0.2, 0) is 21.7 Å². The zero-order valence-corrected chi connectivity index (χ0v) is 24.6. The molecule has 0 spiro atoms. The summed E-state index contributed by atoms with van der Waals surface area (Å²) in [5, 5.41) is 0. The number of benzene rings is 2. The van der Waals surface area contributed by atoms with Crippen molar-refractivity contribution < 1.29 is 38.9 Å². The van der Waals surface area contributed by atoms with Crippen molar-refractivity contribution in [2.24, 2.45) is 5.92 Å². The second-order valence-corrected chi connectivity index (χ2v) is 8.41. The molecule has 0 heterocycles. The monoisotopic (exact) mass is 557 g/mol. The number of ether oxygens (including phenoxy) is 1. The maximum absolute atomic E-state index is 5.92. The van der Waals surface area contributed by atoms with E-state index in [0.29, 0.717) is 5.92 Å². The third-order valence-electron chi connectivity index (χ3n) is 5.63. The normalized spacial score (nSPS) is 15.6. The van der Waals surface area contributed by atoms with Crippen molar-refractivity contribution in [1.82, 2.24) is 4.90 Å². The quantitative estimate of drug-likeness (QED) is 0.340. The smallest absolute Gasteiger partial charge is 1.00 e. The Morgan fingerprint density at radius 3 is 1.81 bits per heavy atom. The molecule has 2 fully saturated rings. The zero-order chi connectivity index (χ0) is 23.3. The average Bonchev–Trinajstić information content (AvgIpc) is 3.59. The summed E-state index contributed by atoms with van der Waals surface area (Å²) in [6.07, 6.45) is 20.9. The topological polar surface area (TPSA) is 12.5 Å². The van der Waals surface area contributed by atoms with Crippen LogP contribution in [0.3, 0.4) is 0 Å². The molecule has 0 saturated heterocycles. The van der Waals surface area contributed by atoms with E-state index in [0.717, 1.165) is 31.7 Å². The molecule has 9 radical (unpaired) electrons. The molecule has 2 aliphatic rings. The van der Waals surface area contributed by atoms with Gasteiger partial charge in [0.05, 0.1) is 6.61 Å². The van der Waals surface area contributed by atoms with Crippen molar-refractivity contribution in [3.8, 4) is 5.75 Å². The van der Waals surface area contributed by atoms with E-state index in [9.17, 15) is 0 Å². The second kappa shape index (κ2) is 20.2. The van der Waals surface area contributed by atoms with E-state index in [1.165, 1.54) is 22.3 Å². The van der Waals surface area contributed by atoms with Crippen molar-refractivity contribution in [2.75, 3.05) is 27.2 Å². The fraction of sp³-hybridized carbons (Fsp3) is 0.258. The first-order valence-electron chi connectivity index (χ1n) is 11.9. The van der Waals surface area contributed by atoms with Crippen LogP contribution in [0.5, 0.6) is 5.75 Å². The van der Waals surface area contributed by atoms with Gasteiger partial charge in [0, 0.05) is 6.54 Å². The first kappa shape index (κ1) is 35.2. The van der Waals surface area contributed by atoms with Gasteiger partial charge in [0.15, 0.2) is 0 Å². The Balaban J connectivity index is 0.00000137. The van der Waals surface area contributed by atoms with Crippen molar-refractivity contribution in [2.45, 2.75) is 19.8 Å². The molecule has 0 aliphatic heterocycles. The van der Waals surface area contributed by atoms with E-state index in [-0.39, 0.29) is 46.5 Å². The number of rotatable bonds is 9. The minimum atomic E-state index is 0. The van der Waals surface area contributed by atoms with Crippen LogP contribution in [0.1, 0.15) is 30.9 Å². The van der Waals surface area contributed by atoms with Crippen molar-refractivity contribution in [3.63, 3.8) is 0 Å². The van der Waals surface area contributed by atoms with Crippen LogP contribution in [0.2, 0.25) is 0 Å². The van der Waals surface area contributed by atoms with Gasteiger partial charge in [-0.3, -0.25) is 0 Å². The van der Waals surface area contributed by atoms with Crippen LogP contribution in [-0.4, -0.2) is 32.1 Å². The van der Waals surface area contributed by atoms with Gasteiger partial charge in [-0.2, -0.15) is 0 Å². The summed E-state index contributed by atoms with van der Waals surface area (Å²) >= 11 is 0. The van der Waals surface area contributed by atoms with Crippen molar-refractivity contribution in [1.29, 1.82) is 0 Å².